The zero-order valence-electron chi connectivity index (χ0n) is 14.8. The predicted molar refractivity (Wildman–Crippen MR) is 98.0 cm³/mol. The van der Waals surface area contributed by atoms with Crippen LogP contribution in [0.2, 0.25) is 0 Å². The highest BCUT2D eigenvalue weighted by Crippen LogP contribution is 2.34. The molecule has 0 radical (unpaired) electrons. The van der Waals surface area contributed by atoms with Crippen molar-refractivity contribution >= 4 is 0 Å². The first-order chi connectivity index (χ1) is 12.7. The molecule has 0 spiro atoms. The Morgan fingerprint density at radius 1 is 1.15 bits per heavy atom. The highest BCUT2D eigenvalue weighted by Gasteiger charge is 2.24. The number of hydrogen-bond donors (Lipinski definition) is 1. The van der Waals surface area contributed by atoms with E-state index in [0.29, 0.717) is 5.92 Å². The van der Waals surface area contributed by atoms with Crippen molar-refractivity contribution in [1.82, 2.24) is 25.1 Å². The SMILES string of the molecule is Cc1ncc(CN2CCC(c3[nH]ncc3-c3cccc(F)c3)CC2)cn1. The first kappa shape index (κ1) is 16.8. The molecular weight excluding hydrogens is 329 g/mol. The summed E-state index contributed by atoms with van der Waals surface area (Å²) in [5.74, 6) is 1.00. The summed E-state index contributed by atoms with van der Waals surface area (Å²) >= 11 is 0. The number of nitrogens with zero attached hydrogens (tertiary/aromatic N) is 4. The van der Waals surface area contributed by atoms with Gasteiger partial charge in [0.25, 0.3) is 0 Å². The summed E-state index contributed by atoms with van der Waals surface area (Å²) < 4.78 is 13.6. The standard InChI is InChI=1S/C20H22FN5/c1-14-22-10-15(11-23-14)13-26-7-5-16(6-8-26)20-19(12-24-25-20)17-3-2-4-18(21)9-17/h2-4,9-12,16H,5-8,13H2,1H3,(H,24,25). The zero-order chi connectivity index (χ0) is 17.9. The summed E-state index contributed by atoms with van der Waals surface area (Å²) in [6.07, 6.45) is 7.73. The van der Waals surface area contributed by atoms with Crippen molar-refractivity contribution in [2.75, 3.05) is 13.1 Å². The lowest BCUT2D eigenvalue weighted by molar-refractivity contribution is 0.203. The third-order valence-corrected chi connectivity index (χ3v) is 5.04. The van der Waals surface area contributed by atoms with E-state index in [0.717, 1.165) is 60.7 Å². The normalized spacial score (nSPS) is 16.1. The summed E-state index contributed by atoms with van der Waals surface area (Å²) in [7, 11) is 0. The highest BCUT2D eigenvalue weighted by molar-refractivity contribution is 5.65. The lowest BCUT2D eigenvalue weighted by Gasteiger charge is -2.31. The average molecular weight is 351 g/mol. The van der Waals surface area contributed by atoms with E-state index in [1.807, 2.05) is 25.4 Å². The van der Waals surface area contributed by atoms with Gasteiger partial charge in [0.1, 0.15) is 11.6 Å². The highest BCUT2D eigenvalue weighted by atomic mass is 19.1. The lowest BCUT2D eigenvalue weighted by Crippen LogP contribution is -2.32. The minimum atomic E-state index is -0.218. The van der Waals surface area contributed by atoms with Gasteiger partial charge in [-0.2, -0.15) is 5.10 Å². The molecule has 3 aromatic rings. The van der Waals surface area contributed by atoms with E-state index in [9.17, 15) is 4.39 Å². The minimum absolute atomic E-state index is 0.218. The fourth-order valence-electron chi connectivity index (χ4n) is 3.63. The van der Waals surface area contributed by atoms with Gasteiger partial charge in [0, 0.05) is 41.7 Å². The van der Waals surface area contributed by atoms with Crippen molar-refractivity contribution in [2.24, 2.45) is 0 Å². The Hall–Kier alpha value is -2.60. The lowest BCUT2D eigenvalue weighted by atomic mass is 9.89. The summed E-state index contributed by atoms with van der Waals surface area (Å²) in [4.78, 5) is 11.0. The molecule has 1 aliphatic rings. The maximum Gasteiger partial charge on any atom is 0.125 e. The van der Waals surface area contributed by atoms with Gasteiger partial charge in [-0.3, -0.25) is 10.00 Å². The van der Waals surface area contributed by atoms with Gasteiger partial charge in [0.15, 0.2) is 0 Å². The molecule has 134 valence electrons. The van der Waals surface area contributed by atoms with Gasteiger partial charge >= 0.3 is 0 Å². The first-order valence-electron chi connectivity index (χ1n) is 8.98. The van der Waals surface area contributed by atoms with Crippen molar-refractivity contribution in [2.45, 2.75) is 32.2 Å². The molecule has 1 fully saturated rings. The predicted octanol–water partition coefficient (Wildman–Crippen LogP) is 3.69. The van der Waals surface area contributed by atoms with Crippen LogP contribution in [0, 0.1) is 12.7 Å². The number of rotatable bonds is 4. The number of nitrogens with one attached hydrogen (secondary N) is 1. The third kappa shape index (κ3) is 3.65. The Labute approximate surface area is 152 Å². The molecule has 2 aromatic heterocycles. The Balaban J connectivity index is 1.42. The number of hydrogen-bond acceptors (Lipinski definition) is 4. The van der Waals surface area contributed by atoms with E-state index >= 15 is 0 Å². The zero-order valence-corrected chi connectivity index (χ0v) is 14.8. The molecule has 1 aromatic carbocycles. The van der Waals surface area contributed by atoms with Crippen LogP contribution in [0.3, 0.4) is 0 Å². The maximum absolute atomic E-state index is 13.6. The fraction of sp³-hybridized carbons (Fsp3) is 0.350. The largest absolute Gasteiger partial charge is 0.299 e. The molecule has 0 amide bonds. The summed E-state index contributed by atoms with van der Waals surface area (Å²) in [5.41, 5.74) is 4.16. The van der Waals surface area contributed by atoms with Gasteiger partial charge in [-0.1, -0.05) is 12.1 Å². The van der Waals surface area contributed by atoms with Crippen LogP contribution in [0.1, 0.15) is 35.8 Å². The van der Waals surface area contributed by atoms with E-state index in [1.54, 1.807) is 18.3 Å². The molecule has 26 heavy (non-hydrogen) atoms. The van der Waals surface area contributed by atoms with E-state index in [1.165, 1.54) is 6.07 Å². The van der Waals surface area contributed by atoms with Gasteiger partial charge in [-0.25, -0.2) is 14.4 Å². The molecule has 5 nitrogen and oxygen atoms in total. The van der Waals surface area contributed by atoms with E-state index < -0.39 is 0 Å². The van der Waals surface area contributed by atoms with Crippen molar-refractivity contribution in [3.8, 4) is 11.1 Å². The third-order valence-electron chi connectivity index (χ3n) is 5.04. The second kappa shape index (κ2) is 7.33. The minimum Gasteiger partial charge on any atom is -0.299 e. The monoisotopic (exact) mass is 351 g/mol. The first-order valence-corrected chi connectivity index (χ1v) is 8.98. The molecule has 0 saturated carbocycles. The molecule has 6 heteroatoms. The molecule has 0 aliphatic carbocycles. The molecule has 4 rings (SSSR count). The molecular formula is C20H22FN5. The number of halogens is 1. The number of piperidine rings is 1. The number of aromatic nitrogens is 4. The smallest absolute Gasteiger partial charge is 0.125 e. The summed E-state index contributed by atoms with van der Waals surface area (Å²) in [5, 5.41) is 7.37. The molecule has 1 N–H and O–H groups in total. The average Bonchev–Trinajstić information content (AvgIpc) is 3.14. The Morgan fingerprint density at radius 3 is 2.65 bits per heavy atom. The van der Waals surface area contributed by atoms with Gasteiger partial charge < -0.3 is 0 Å². The van der Waals surface area contributed by atoms with Crippen LogP contribution in [-0.2, 0) is 6.54 Å². The van der Waals surface area contributed by atoms with Crippen LogP contribution in [0.25, 0.3) is 11.1 Å². The summed E-state index contributed by atoms with van der Waals surface area (Å²) in [6.45, 7) is 4.81. The number of aryl methyl sites for hydroxylation is 1. The van der Waals surface area contributed by atoms with Gasteiger partial charge in [-0.15, -0.1) is 0 Å². The molecule has 3 heterocycles. The number of likely N-dealkylation sites (tertiary alicyclic amines) is 1. The molecule has 1 saturated heterocycles. The number of benzene rings is 1. The van der Waals surface area contributed by atoms with Crippen LogP contribution in [0.5, 0.6) is 0 Å². The van der Waals surface area contributed by atoms with Crippen LogP contribution in [0.15, 0.2) is 42.9 Å². The van der Waals surface area contributed by atoms with Gasteiger partial charge in [0.2, 0.25) is 0 Å². The topological polar surface area (TPSA) is 57.7 Å². The van der Waals surface area contributed by atoms with Crippen molar-refractivity contribution < 1.29 is 4.39 Å². The van der Waals surface area contributed by atoms with E-state index in [4.69, 9.17) is 0 Å². The Morgan fingerprint density at radius 2 is 1.92 bits per heavy atom. The number of aromatic amines is 1. The fourth-order valence-corrected chi connectivity index (χ4v) is 3.63. The van der Waals surface area contributed by atoms with E-state index in [-0.39, 0.29) is 5.82 Å². The molecule has 0 bridgehead atoms. The second-order valence-electron chi connectivity index (χ2n) is 6.90. The van der Waals surface area contributed by atoms with Crippen molar-refractivity contribution in [1.29, 1.82) is 0 Å². The second-order valence-corrected chi connectivity index (χ2v) is 6.90. The van der Waals surface area contributed by atoms with Gasteiger partial charge in [0.05, 0.1) is 6.20 Å². The van der Waals surface area contributed by atoms with Crippen LogP contribution < -0.4 is 0 Å². The summed E-state index contributed by atoms with van der Waals surface area (Å²) in [6, 6.07) is 6.72. The van der Waals surface area contributed by atoms with Crippen molar-refractivity contribution in [3.05, 3.63) is 65.8 Å². The Bertz CT molecular complexity index is 866. The Kier molecular flexibility index (Phi) is 4.75. The maximum atomic E-state index is 13.6. The van der Waals surface area contributed by atoms with Crippen molar-refractivity contribution in [3.63, 3.8) is 0 Å². The molecule has 0 unspecified atom stereocenters. The molecule has 0 atom stereocenters. The van der Waals surface area contributed by atoms with Crippen LogP contribution in [-0.4, -0.2) is 38.2 Å². The van der Waals surface area contributed by atoms with Gasteiger partial charge in [-0.05, 0) is 50.6 Å². The molecule has 1 aliphatic heterocycles. The quantitative estimate of drug-likeness (QED) is 0.779. The van der Waals surface area contributed by atoms with Crippen LogP contribution >= 0.6 is 0 Å². The van der Waals surface area contributed by atoms with Crippen LogP contribution in [0.4, 0.5) is 4.39 Å². The van der Waals surface area contributed by atoms with E-state index in [2.05, 4.69) is 25.1 Å². The number of H-pyrrole nitrogens is 1.